The van der Waals surface area contributed by atoms with E-state index in [4.69, 9.17) is 5.11 Å². The van der Waals surface area contributed by atoms with Crippen LogP contribution in [0.4, 0.5) is 0 Å². The molecule has 20 heavy (non-hydrogen) atoms. The van der Waals surface area contributed by atoms with Gasteiger partial charge in [0.1, 0.15) is 0 Å². The lowest BCUT2D eigenvalue weighted by molar-refractivity contribution is -0.140. The van der Waals surface area contributed by atoms with Crippen LogP contribution >= 0.6 is 0 Å². The Balaban J connectivity index is 2.30. The zero-order valence-electron chi connectivity index (χ0n) is 11.0. The van der Waals surface area contributed by atoms with Crippen molar-refractivity contribution in [3.63, 3.8) is 0 Å². The molecule has 6 heteroatoms. The summed E-state index contributed by atoms with van der Waals surface area (Å²) in [7, 11) is -3.49. The van der Waals surface area contributed by atoms with Gasteiger partial charge in [0, 0.05) is 11.6 Å². The Morgan fingerprint density at radius 3 is 2.70 bits per heavy atom. The molecule has 0 amide bonds. The number of aliphatic carboxylic acids is 1. The topological polar surface area (TPSA) is 84.3 Å². The Bertz CT molecular complexity index is 734. The van der Waals surface area contributed by atoms with Gasteiger partial charge in [0.05, 0.1) is 22.9 Å². The largest absolute Gasteiger partial charge is 0.481 e. The van der Waals surface area contributed by atoms with Crippen molar-refractivity contribution in [2.75, 3.05) is 5.75 Å². The maximum absolute atomic E-state index is 12.1. The second-order valence-electron chi connectivity index (χ2n) is 4.79. The normalized spacial score (nSPS) is 13.2. The van der Waals surface area contributed by atoms with Crippen molar-refractivity contribution >= 4 is 26.7 Å². The van der Waals surface area contributed by atoms with E-state index in [1.165, 1.54) is 6.92 Å². The summed E-state index contributed by atoms with van der Waals surface area (Å²) in [6.07, 6.45) is 1.61. The lowest BCUT2D eigenvalue weighted by atomic mass is 10.1. The highest BCUT2D eigenvalue weighted by molar-refractivity contribution is 7.90. The summed E-state index contributed by atoms with van der Waals surface area (Å²) in [5.74, 6) is -2.59. The molecule has 0 saturated heterocycles. The number of hydrogen-bond donors (Lipinski definition) is 1. The predicted molar refractivity (Wildman–Crippen MR) is 76.0 cm³/mol. The summed E-state index contributed by atoms with van der Waals surface area (Å²) in [5, 5.41) is 9.67. The lowest BCUT2D eigenvalue weighted by Crippen LogP contribution is -2.22. The first-order valence-corrected chi connectivity index (χ1v) is 7.97. The number of fused-ring (bicyclic) bond motifs is 1. The van der Waals surface area contributed by atoms with Crippen LogP contribution in [0.5, 0.6) is 0 Å². The van der Waals surface area contributed by atoms with Crippen molar-refractivity contribution in [2.45, 2.75) is 12.7 Å². The van der Waals surface area contributed by atoms with Gasteiger partial charge < -0.3 is 5.11 Å². The van der Waals surface area contributed by atoms with E-state index in [0.717, 1.165) is 5.39 Å². The standard InChI is InChI=1S/C14H15NO4S/c1-10(14(16)17)8-20(18,19)9-12-5-2-4-11-6-3-7-15-13(11)12/h2-7,10H,8-9H2,1H3,(H,16,17). The number of rotatable bonds is 5. The molecule has 0 radical (unpaired) electrons. The summed E-state index contributed by atoms with van der Waals surface area (Å²) in [6.45, 7) is 1.39. The van der Waals surface area contributed by atoms with Crippen LogP contribution in [0.15, 0.2) is 36.5 Å². The molecule has 1 aromatic heterocycles. The summed E-state index contributed by atoms with van der Waals surface area (Å²) >= 11 is 0. The highest BCUT2D eigenvalue weighted by Gasteiger charge is 2.22. The maximum Gasteiger partial charge on any atom is 0.307 e. The third kappa shape index (κ3) is 3.33. The lowest BCUT2D eigenvalue weighted by Gasteiger charge is -2.09. The average Bonchev–Trinajstić information content (AvgIpc) is 2.38. The van der Waals surface area contributed by atoms with E-state index in [0.29, 0.717) is 11.1 Å². The fraction of sp³-hybridized carbons (Fsp3) is 0.286. The number of carbonyl (C=O) groups is 1. The minimum atomic E-state index is -3.49. The van der Waals surface area contributed by atoms with Crippen LogP contribution in [-0.4, -0.2) is 30.2 Å². The molecule has 1 aromatic carbocycles. The summed E-state index contributed by atoms with van der Waals surface area (Å²) in [4.78, 5) is 15.0. The molecule has 2 rings (SSSR count). The SMILES string of the molecule is CC(CS(=O)(=O)Cc1cccc2cccnc12)C(=O)O. The van der Waals surface area contributed by atoms with Gasteiger partial charge in [-0.05, 0) is 11.6 Å². The van der Waals surface area contributed by atoms with Gasteiger partial charge in [0.15, 0.2) is 9.84 Å². The third-order valence-electron chi connectivity index (χ3n) is 3.02. The van der Waals surface area contributed by atoms with Gasteiger partial charge >= 0.3 is 5.97 Å². The Morgan fingerprint density at radius 1 is 1.30 bits per heavy atom. The van der Waals surface area contributed by atoms with E-state index in [9.17, 15) is 13.2 Å². The molecule has 5 nitrogen and oxygen atoms in total. The van der Waals surface area contributed by atoms with Crippen molar-refractivity contribution < 1.29 is 18.3 Å². The molecule has 0 aliphatic carbocycles. The van der Waals surface area contributed by atoms with Gasteiger partial charge in [0.2, 0.25) is 0 Å². The summed E-state index contributed by atoms with van der Waals surface area (Å²) < 4.78 is 24.1. The maximum atomic E-state index is 12.1. The van der Waals surface area contributed by atoms with Crippen molar-refractivity contribution in [2.24, 2.45) is 5.92 Å². The van der Waals surface area contributed by atoms with Crippen LogP contribution in [0.2, 0.25) is 0 Å². The highest BCUT2D eigenvalue weighted by Crippen LogP contribution is 2.19. The van der Waals surface area contributed by atoms with Crippen LogP contribution in [0.3, 0.4) is 0 Å². The second kappa shape index (κ2) is 5.58. The van der Waals surface area contributed by atoms with Crippen LogP contribution < -0.4 is 0 Å². The van der Waals surface area contributed by atoms with E-state index < -0.39 is 21.7 Å². The van der Waals surface area contributed by atoms with E-state index >= 15 is 0 Å². The van der Waals surface area contributed by atoms with E-state index in [2.05, 4.69) is 4.98 Å². The van der Waals surface area contributed by atoms with Gasteiger partial charge in [-0.15, -0.1) is 0 Å². The minimum Gasteiger partial charge on any atom is -0.481 e. The zero-order valence-corrected chi connectivity index (χ0v) is 11.8. The fourth-order valence-electron chi connectivity index (χ4n) is 2.03. The Labute approximate surface area is 117 Å². The molecule has 106 valence electrons. The Hall–Kier alpha value is -1.95. The Kier molecular flexibility index (Phi) is 4.04. The number of carboxylic acid groups (broad SMARTS) is 1. The molecule has 0 saturated carbocycles. The van der Waals surface area contributed by atoms with E-state index in [1.54, 1.807) is 24.4 Å². The average molecular weight is 293 g/mol. The molecule has 0 bridgehead atoms. The predicted octanol–water partition coefficient (Wildman–Crippen LogP) is 1.87. The molecule has 0 aliphatic heterocycles. The molecule has 1 unspecified atom stereocenters. The first-order chi connectivity index (χ1) is 9.39. The van der Waals surface area contributed by atoms with E-state index in [1.807, 2.05) is 12.1 Å². The van der Waals surface area contributed by atoms with E-state index in [-0.39, 0.29) is 11.5 Å². The zero-order chi connectivity index (χ0) is 14.8. The number of nitrogens with zero attached hydrogens (tertiary/aromatic N) is 1. The summed E-state index contributed by atoms with van der Waals surface area (Å²) in [6, 6.07) is 8.98. The molecule has 1 N–H and O–H groups in total. The number of aromatic nitrogens is 1. The first-order valence-electron chi connectivity index (χ1n) is 6.15. The summed E-state index contributed by atoms with van der Waals surface area (Å²) in [5.41, 5.74) is 1.24. The van der Waals surface area contributed by atoms with Crippen LogP contribution in [-0.2, 0) is 20.4 Å². The molecule has 0 fully saturated rings. The van der Waals surface area contributed by atoms with Crippen molar-refractivity contribution in [3.05, 3.63) is 42.1 Å². The monoisotopic (exact) mass is 293 g/mol. The number of hydrogen-bond acceptors (Lipinski definition) is 4. The molecule has 0 spiro atoms. The second-order valence-corrected chi connectivity index (χ2v) is 6.90. The number of para-hydroxylation sites is 1. The van der Waals surface area contributed by atoms with Crippen LogP contribution in [0, 0.1) is 5.92 Å². The van der Waals surface area contributed by atoms with Crippen molar-refractivity contribution in [1.29, 1.82) is 0 Å². The highest BCUT2D eigenvalue weighted by atomic mass is 32.2. The van der Waals surface area contributed by atoms with Gasteiger partial charge in [-0.25, -0.2) is 8.42 Å². The third-order valence-corrected chi connectivity index (χ3v) is 4.78. The van der Waals surface area contributed by atoms with Crippen molar-refractivity contribution in [1.82, 2.24) is 4.98 Å². The first kappa shape index (κ1) is 14.5. The molecule has 2 aromatic rings. The molecule has 1 heterocycles. The molecular weight excluding hydrogens is 278 g/mol. The molecule has 1 atom stereocenters. The van der Waals surface area contributed by atoms with Gasteiger partial charge in [-0.1, -0.05) is 31.2 Å². The smallest absolute Gasteiger partial charge is 0.307 e. The molecule has 0 aliphatic rings. The van der Waals surface area contributed by atoms with Crippen LogP contribution in [0.1, 0.15) is 12.5 Å². The number of pyridine rings is 1. The van der Waals surface area contributed by atoms with Gasteiger partial charge in [-0.2, -0.15) is 0 Å². The number of benzene rings is 1. The quantitative estimate of drug-likeness (QED) is 0.909. The Morgan fingerprint density at radius 2 is 2.00 bits per heavy atom. The molecular formula is C14H15NO4S. The fourth-order valence-corrected chi connectivity index (χ4v) is 3.76. The van der Waals surface area contributed by atoms with Crippen LogP contribution in [0.25, 0.3) is 10.9 Å². The van der Waals surface area contributed by atoms with Gasteiger partial charge in [0.25, 0.3) is 0 Å². The van der Waals surface area contributed by atoms with Gasteiger partial charge in [-0.3, -0.25) is 9.78 Å². The number of sulfone groups is 1. The van der Waals surface area contributed by atoms with Crippen molar-refractivity contribution in [3.8, 4) is 0 Å². The minimum absolute atomic E-state index is 0.195. The number of carboxylic acids is 1.